The second-order valence-electron chi connectivity index (χ2n) is 4.29. The number of nitrogens with one attached hydrogen (secondary N) is 1. The molecule has 0 aromatic heterocycles. The van der Waals surface area contributed by atoms with E-state index in [-0.39, 0.29) is 11.9 Å². The van der Waals surface area contributed by atoms with Crippen LogP contribution < -0.4 is 16.0 Å². The number of amides is 1. The summed E-state index contributed by atoms with van der Waals surface area (Å²) >= 11 is 0. The number of carbonyl (C=O) groups is 1. The molecule has 0 aliphatic heterocycles. The second-order valence-corrected chi connectivity index (χ2v) is 4.29. The molecular formula is C13H21N3O. The topological polar surface area (TPSA) is 58.4 Å². The zero-order valence-electron chi connectivity index (χ0n) is 10.5. The van der Waals surface area contributed by atoms with E-state index in [1.54, 1.807) is 0 Å². The summed E-state index contributed by atoms with van der Waals surface area (Å²) in [7, 11) is 2.01. The smallest absolute Gasteiger partial charge is 0.221 e. The molecule has 1 amide bonds. The molecule has 0 spiro atoms. The number of likely N-dealkylation sites (N-methyl/N-ethyl adjacent to an activating group) is 1. The van der Waals surface area contributed by atoms with Crippen molar-refractivity contribution in [1.82, 2.24) is 5.32 Å². The predicted octanol–water partition coefficient (Wildman–Crippen LogP) is 0.976. The van der Waals surface area contributed by atoms with Crippen LogP contribution in [0.4, 0.5) is 5.69 Å². The van der Waals surface area contributed by atoms with E-state index in [0.29, 0.717) is 13.0 Å². The highest BCUT2D eigenvalue weighted by atomic mass is 16.1. The summed E-state index contributed by atoms with van der Waals surface area (Å²) in [5.74, 6) is 0.0152. The SMILES string of the molecule is CC(N)CC(=O)NCCN(C)c1ccccc1. The number of anilines is 1. The fraction of sp³-hybridized carbons (Fsp3) is 0.462. The van der Waals surface area contributed by atoms with E-state index in [9.17, 15) is 4.79 Å². The predicted molar refractivity (Wildman–Crippen MR) is 71.0 cm³/mol. The number of carbonyl (C=O) groups excluding carboxylic acids is 1. The molecule has 3 N–H and O–H groups in total. The minimum atomic E-state index is -0.0816. The van der Waals surface area contributed by atoms with Crippen molar-refractivity contribution in [3.63, 3.8) is 0 Å². The Morgan fingerprint density at radius 1 is 1.41 bits per heavy atom. The summed E-state index contributed by atoms with van der Waals surface area (Å²) in [5, 5.41) is 2.85. The molecule has 0 fully saturated rings. The van der Waals surface area contributed by atoms with Gasteiger partial charge in [0.15, 0.2) is 0 Å². The van der Waals surface area contributed by atoms with Gasteiger partial charge in [0.2, 0.25) is 5.91 Å². The Bertz CT molecular complexity index is 338. The van der Waals surface area contributed by atoms with Crippen LogP contribution in [0.1, 0.15) is 13.3 Å². The minimum absolute atomic E-state index is 0.0152. The lowest BCUT2D eigenvalue weighted by Crippen LogP contribution is -2.35. The molecule has 1 aromatic rings. The first-order valence-electron chi connectivity index (χ1n) is 5.88. The van der Waals surface area contributed by atoms with E-state index < -0.39 is 0 Å². The van der Waals surface area contributed by atoms with Gasteiger partial charge in [0.25, 0.3) is 0 Å². The normalized spacial score (nSPS) is 11.9. The summed E-state index contributed by atoms with van der Waals surface area (Å²) in [6, 6.07) is 10.00. The molecule has 0 heterocycles. The van der Waals surface area contributed by atoms with Gasteiger partial charge in [-0.15, -0.1) is 0 Å². The standard InChI is InChI=1S/C13H21N3O/c1-11(14)10-13(17)15-8-9-16(2)12-6-4-3-5-7-12/h3-7,11H,8-10,14H2,1-2H3,(H,15,17). The van der Waals surface area contributed by atoms with Crippen LogP contribution in [-0.4, -0.2) is 32.1 Å². The summed E-state index contributed by atoms with van der Waals surface area (Å²) in [6.45, 7) is 3.25. The monoisotopic (exact) mass is 235 g/mol. The number of hydrogen-bond donors (Lipinski definition) is 2. The van der Waals surface area contributed by atoms with Crippen molar-refractivity contribution in [1.29, 1.82) is 0 Å². The Hall–Kier alpha value is -1.55. The van der Waals surface area contributed by atoms with Gasteiger partial charge in [0.1, 0.15) is 0 Å². The molecule has 0 saturated carbocycles. The molecule has 1 rings (SSSR count). The van der Waals surface area contributed by atoms with Gasteiger partial charge in [-0.25, -0.2) is 0 Å². The van der Waals surface area contributed by atoms with Gasteiger partial charge < -0.3 is 16.0 Å². The number of nitrogens with two attached hydrogens (primary N) is 1. The molecule has 1 atom stereocenters. The van der Waals surface area contributed by atoms with E-state index >= 15 is 0 Å². The van der Waals surface area contributed by atoms with Crippen LogP contribution in [0, 0.1) is 0 Å². The molecule has 1 unspecified atom stereocenters. The average Bonchev–Trinajstić information content (AvgIpc) is 2.29. The lowest BCUT2D eigenvalue weighted by molar-refractivity contribution is -0.121. The summed E-state index contributed by atoms with van der Waals surface area (Å²) in [4.78, 5) is 13.5. The highest BCUT2D eigenvalue weighted by molar-refractivity contribution is 5.76. The lowest BCUT2D eigenvalue weighted by atomic mass is 10.2. The third-order valence-electron chi connectivity index (χ3n) is 2.47. The Labute approximate surface area is 103 Å². The highest BCUT2D eigenvalue weighted by Crippen LogP contribution is 2.09. The molecule has 4 heteroatoms. The Morgan fingerprint density at radius 2 is 2.06 bits per heavy atom. The molecule has 0 radical (unpaired) electrons. The summed E-state index contributed by atoms with van der Waals surface area (Å²) < 4.78 is 0. The highest BCUT2D eigenvalue weighted by Gasteiger charge is 2.05. The third-order valence-corrected chi connectivity index (χ3v) is 2.47. The van der Waals surface area contributed by atoms with Crippen LogP contribution in [0.3, 0.4) is 0 Å². The number of rotatable bonds is 6. The largest absolute Gasteiger partial charge is 0.373 e. The molecule has 94 valence electrons. The van der Waals surface area contributed by atoms with Gasteiger partial charge in [0.05, 0.1) is 0 Å². The first kappa shape index (κ1) is 13.5. The van der Waals surface area contributed by atoms with E-state index in [0.717, 1.165) is 12.2 Å². The van der Waals surface area contributed by atoms with Gasteiger partial charge in [-0.2, -0.15) is 0 Å². The van der Waals surface area contributed by atoms with Crippen LogP contribution in [-0.2, 0) is 4.79 Å². The van der Waals surface area contributed by atoms with Crippen molar-refractivity contribution in [3.8, 4) is 0 Å². The van der Waals surface area contributed by atoms with Crippen LogP contribution in [0.5, 0.6) is 0 Å². The first-order valence-corrected chi connectivity index (χ1v) is 5.88. The number of hydrogen-bond acceptors (Lipinski definition) is 3. The Morgan fingerprint density at radius 3 is 2.65 bits per heavy atom. The zero-order chi connectivity index (χ0) is 12.7. The fourth-order valence-corrected chi connectivity index (χ4v) is 1.54. The molecule has 17 heavy (non-hydrogen) atoms. The fourth-order valence-electron chi connectivity index (χ4n) is 1.54. The van der Waals surface area contributed by atoms with Crippen LogP contribution in [0.15, 0.2) is 30.3 Å². The average molecular weight is 235 g/mol. The van der Waals surface area contributed by atoms with Gasteiger partial charge in [-0.3, -0.25) is 4.79 Å². The van der Waals surface area contributed by atoms with E-state index in [2.05, 4.69) is 10.2 Å². The molecule has 4 nitrogen and oxygen atoms in total. The minimum Gasteiger partial charge on any atom is -0.373 e. The van der Waals surface area contributed by atoms with E-state index in [4.69, 9.17) is 5.73 Å². The van der Waals surface area contributed by atoms with Crippen LogP contribution >= 0.6 is 0 Å². The van der Waals surface area contributed by atoms with Crippen molar-refractivity contribution >= 4 is 11.6 Å². The van der Waals surface area contributed by atoms with Crippen molar-refractivity contribution in [2.45, 2.75) is 19.4 Å². The van der Waals surface area contributed by atoms with Crippen molar-refractivity contribution in [2.24, 2.45) is 5.73 Å². The van der Waals surface area contributed by atoms with Gasteiger partial charge >= 0.3 is 0 Å². The molecule has 0 bridgehead atoms. The maximum absolute atomic E-state index is 11.4. The molecule has 0 saturated heterocycles. The molecule has 0 aliphatic rings. The second kappa shape index (κ2) is 6.91. The summed E-state index contributed by atoms with van der Waals surface area (Å²) in [6.07, 6.45) is 0.384. The molecular weight excluding hydrogens is 214 g/mol. The number of benzene rings is 1. The quantitative estimate of drug-likeness (QED) is 0.772. The van der Waals surface area contributed by atoms with Gasteiger partial charge in [-0.05, 0) is 19.1 Å². The molecule has 1 aromatic carbocycles. The lowest BCUT2D eigenvalue weighted by Gasteiger charge is -2.19. The Balaban J connectivity index is 2.25. The maximum Gasteiger partial charge on any atom is 0.221 e. The maximum atomic E-state index is 11.4. The number of nitrogens with zero attached hydrogens (tertiary/aromatic N) is 1. The van der Waals surface area contributed by atoms with Crippen molar-refractivity contribution < 1.29 is 4.79 Å². The third kappa shape index (κ3) is 5.36. The zero-order valence-corrected chi connectivity index (χ0v) is 10.5. The molecule has 0 aliphatic carbocycles. The summed E-state index contributed by atoms with van der Waals surface area (Å²) in [5.41, 5.74) is 6.69. The Kier molecular flexibility index (Phi) is 5.49. The van der Waals surface area contributed by atoms with E-state index in [1.807, 2.05) is 44.3 Å². The van der Waals surface area contributed by atoms with Crippen molar-refractivity contribution in [2.75, 3.05) is 25.0 Å². The first-order chi connectivity index (χ1) is 8.09. The van der Waals surface area contributed by atoms with Gasteiger partial charge in [-0.1, -0.05) is 18.2 Å². The van der Waals surface area contributed by atoms with E-state index in [1.165, 1.54) is 0 Å². The van der Waals surface area contributed by atoms with Gasteiger partial charge in [0, 0.05) is 38.3 Å². The van der Waals surface area contributed by atoms with Crippen LogP contribution in [0.25, 0.3) is 0 Å². The number of para-hydroxylation sites is 1. The van der Waals surface area contributed by atoms with Crippen LogP contribution in [0.2, 0.25) is 0 Å². The van der Waals surface area contributed by atoms with Crippen molar-refractivity contribution in [3.05, 3.63) is 30.3 Å².